The van der Waals surface area contributed by atoms with E-state index in [1.54, 1.807) is 29.3 Å². The molecule has 0 saturated carbocycles. The first-order chi connectivity index (χ1) is 17.1. The monoisotopic (exact) mass is 512 g/mol. The van der Waals surface area contributed by atoms with Crippen LogP contribution in [0.5, 0.6) is 0 Å². The van der Waals surface area contributed by atoms with Gasteiger partial charge in [0.1, 0.15) is 11.7 Å². The third-order valence-electron chi connectivity index (χ3n) is 5.77. The maximum atomic E-state index is 14.9. The molecule has 1 unspecified atom stereocenters. The van der Waals surface area contributed by atoms with Crippen LogP contribution in [-0.4, -0.2) is 49.7 Å². The fourth-order valence-electron chi connectivity index (χ4n) is 4.17. The summed E-state index contributed by atoms with van der Waals surface area (Å²) in [6.07, 6.45) is 5.81. The minimum Gasteiger partial charge on any atom is -0.444 e. The zero-order valence-corrected chi connectivity index (χ0v) is 21.0. The van der Waals surface area contributed by atoms with E-state index in [0.29, 0.717) is 41.2 Å². The van der Waals surface area contributed by atoms with Crippen molar-refractivity contribution in [1.82, 2.24) is 18.8 Å². The smallest absolute Gasteiger partial charge is 0.410 e. The molecule has 1 fully saturated rings. The summed E-state index contributed by atoms with van der Waals surface area (Å²) >= 11 is -0.167. The van der Waals surface area contributed by atoms with Crippen molar-refractivity contribution in [2.45, 2.75) is 45.3 Å². The Morgan fingerprint density at radius 2 is 2.19 bits per heavy atom. The molecule has 3 heterocycles. The van der Waals surface area contributed by atoms with Crippen LogP contribution in [0.3, 0.4) is 0 Å². The molecule has 1 aromatic carbocycles. The largest absolute Gasteiger partial charge is 0.444 e. The Labute approximate surface area is 212 Å². The van der Waals surface area contributed by atoms with E-state index < -0.39 is 11.4 Å². The molecule has 0 aliphatic carbocycles. The highest BCUT2D eigenvalue weighted by molar-refractivity contribution is 7.92. The molecule has 0 radical (unpaired) electrons. The number of nitrogens with one attached hydrogen (secondary N) is 1. The van der Waals surface area contributed by atoms with Crippen LogP contribution in [0.4, 0.5) is 19.0 Å². The van der Waals surface area contributed by atoms with Gasteiger partial charge in [-0.3, -0.25) is 3.97 Å². The van der Waals surface area contributed by atoms with Crippen molar-refractivity contribution in [2.75, 3.05) is 18.4 Å². The Hall–Kier alpha value is -3.65. The molecule has 188 valence electrons. The summed E-state index contributed by atoms with van der Waals surface area (Å²) in [5.41, 5.74) is 0.679. The number of halogens is 2. The van der Waals surface area contributed by atoms with E-state index in [4.69, 9.17) is 4.74 Å². The maximum Gasteiger partial charge on any atom is 0.410 e. The molecule has 1 aliphatic heterocycles. The lowest BCUT2D eigenvalue weighted by atomic mass is 10.0. The van der Waals surface area contributed by atoms with E-state index in [9.17, 15) is 18.3 Å². The second-order valence-electron chi connectivity index (χ2n) is 9.48. The number of benzene rings is 1. The molecule has 0 bridgehead atoms. The lowest BCUT2D eigenvalue weighted by molar-refractivity contribution is 0.0206. The predicted molar refractivity (Wildman–Crippen MR) is 136 cm³/mol. The fourth-order valence-corrected chi connectivity index (χ4v) is 4.57. The maximum absolute atomic E-state index is 14.9. The van der Waals surface area contributed by atoms with Crippen LogP contribution >= 0.6 is 12.3 Å². The van der Waals surface area contributed by atoms with Crippen molar-refractivity contribution in [3.8, 4) is 17.3 Å². The van der Waals surface area contributed by atoms with E-state index in [2.05, 4.69) is 21.9 Å². The molecule has 0 spiro atoms. The number of aromatic nitrogens is 3. The zero-order valence-electron chi connectivity index (χ0n) is 20.2. The van der Waals surface area contributed by atoms with Gasteiger partial charge in [0, 0.05) is 48.0 Å². The average molecular weight is 513 g/mol. The van der Waals surface area contributed by atoms with E-state index in [0.717, 1.165) is 16.8 Å². The Balaban J connectivity index is 1.66. The van der Waals surface area contributed by atoms with E-state index >= 15 is 0 Å². The van der Waals surface area contributed by atoms with Crippen LogP contribution < -0.4 is 5.32 Å². The number of rotatable bonds is 5. The number of likely N-dealkylation sites (tertiary alicyclic amines) is 1. The number of carbonyl (C=O) groups is 1. The molecule has 1 N–H and O–H groups in total. The summed E-state index contributed by atoms with van der Waals surface area (Å²) in [7, 11) is 0. The van der Waals surface area contributed by atoms with Gasteiger partial charge in [-0.05, 0) is 39.7 Å². The first-order valence-electron chi connectivity index (χ1n) is 11.4. The molecule has 8 nitrogen and oxygen atoms in total. The van der Waals surface area contributed by atoms with Crippen molar-refractivity contribution >= 4 is 41.4 Å². The molecule has 1 amide bonds. The number of piperidine rings is 1. The SMILES string of the molecule is C=Cc1cnc(NC2CCCN(C(=O)OC(C)(C)C)C2)nc1-c1cn(SF)c2c(F)c(C#N)ccc12. The topological polar surface area (TPSA) is 96.1 Å². The predicted octanol–water partition coefficient (Wildman–Crippen LogP) is 5.94. The van der Waals surface area contributed by atoms with Gasteiger partial charge in [0.25, 0.3) is 0 Å². The second-order valence-corrected chi connectivity index (χ2v) is 10.0. The number of nitrogens with zero attached hydrogens (tertiary/aromatic N) is 5. The van der Waals surface area contributed by atoms with Gasteiger partial charge in [0.05, 0.1) is 16.8 Å². The highest BCUT2D eigenvalue weighted by Gasteiger charge is 2.28. The summed E-state index contributed by atoms with van der Waals surface area (Å²) in [6, 6.07) is 4.60. The van der Waals surface area contributed by atoms with Crippen LogP contribution in [0.2, 0.25) is 0 Å². The van der Waals surface area contributed by atoms with Crippen molar-refractivity contribution in [2.24, 2.45) is 0 Å². The number of anilines is 1. The number of fused-ring (bicyclic) bond motifs is 1. The number of amides is 1. The summed E-state index contributed by atoms with van der Waals surface area (Å²) < 4.78 is 35.1. The van der Waals surface area contributed by atoms with Crippen molar-refractivity contribution in [3.63, 3.8) is 0 Å². The Morgan fingerprint density at radius 3 is 2.86 bits per heavy atom. The molecule has 1 atom stereocenters. The van der Waals surface area contributed by atoms with E-state index in [1.165, 1.54) is 12.3 Å². The van der Waals surface area contributed by atoms with Crippen molar-refractivity contribution in [1.29, 1.82) is 5.26 Å². The first-order valence-corrected chi connectivity index (χ1v) is 12.1. The minimum absolute atomic E-state index is 0.0417. The Morgan fingerprint density at radius 1 is 1.42 bits per heavy atom. The van der Waals surface area contributed by atoms with Crippen molar-refractivity contribution in [3.05, 3.63) is 48.0 Å². The van der Waals surface area contributed by atoms with Gasteiger partial charge in [-0.25, -0.2) is 19.2 Å². The summed E-state index contributed by atoms with van der Waals surface area (Å²) in [5, 5.41) is 12.9. The third kappa shape index (κ3) is 5.14. The Kier molecular flexibility index (Phi) is 7.17. The van der Waals surface area contributed by atoms with Gasteiger partial charge < -0.3 is 15.0 Å². The fraction of sp³-hybridized carbons (Fsp3) is 0.360. The van der Waals surface area contributed by atoms with Crippen molar-refractivity contribution < 1.29 is 17.8 Å². The highest BCUT2D eigenvalue weighted by Crippen LogP contribution is 2.37. The summed E-state index contributed by atoms with van der Waals surface area (Å²) in [6.45, 7) is 10.3. The normalized spacial score (nSPS) is 16.0. The molecular formula is C25H26F2N6O2S. The molecule has 4 rings (SSSR count). The second kappa shape index (κ2) is 10.1. The van der Waals surface area contributed by atoms with Crippen LogP contribution in [0.1, 0.15) is 44.7 Å². The third-order valence-corrected chi connectivity index (χ3v) is 6.20. The quantitative estimate of drug-likeness (QED) is 0.452. The van der Waals surface area contributed by atoms with Gasteiger partial charge in [0.2, 0.25) is 5.95 Å². The number of carbonyl (C=O) groups excluding carboxylic acids is 1. The number of hydrogen-bond acceptors (Lipinski definition) is 7. The molecule has 36 heavy (non-hydrogen) atoms. The highest BCUT2D eigenvalue weighted by atomic mass is 32.2. The average Bonchev–Trinajstić information content (AvgIpc) is 3.23. The van der Waals surface area contributed by atoms with E-state index in [-0.39, 0.29) is 35.5 Å². The van der Waals surface area contributed by atoms with Gasteiger partial charge >= 0.3 is 6.09 Å². The van der Waals surface area contributed by atoms with Crippen LogP contribution in [0, 0.1) is 17.1 Å². The molecule has 11 heteroatoms. The number of ether oxygens (including phenoxy) is 1. The van der Waals surface area contributed by atoms with Gasteiger partial charge in [0.15, 0.2) is 18.2 Å². The lowest BCUT2D eigenvalue weighted by Crippen LogP contribution is -2.47. The first kappa shape index (κ1) is 25.4. The Bertz CT molecular complexity index is 1360. The van der Waals surface area contributed by atoms with E-state index in [1.807, 2.05) is 20.8 Å². The van der Waals surface area contributed by atoms with Gasteiger partial charge in [-0.1, -0.05) is 18.7 Å². The molecule has 3 aromatic rings. The van der Waals surface area contributed by atoms with Crippen LogP contribution in [0.15, 0.2) is 31.1 Å². The van der Waals surface area contributed by atoms with Gasteiger partial charge in [-0.2, -0.15) is 5.26 Å². The summed E-state index contributed by atoms with van der Waals surface area (Å²) in [4.78, 5) is 23.2. The molecule has 1 saturated heterocycles. The standard InChI is InChI=1S/C25H26F2N6O2S/c1-5-15-12-29-23(30-17-7-6-10-32(13-17)24(34)35-25(2,3)4)31-21(15)19-14-33(36-27)22-18(19)9-8-16(11-28)20(22)26/h5,8-9,12,14,17H,1,6-7,10,13H2,2-4H3,(H,29,30,31). The molecule has 1 aliphatic rings. The molecule has 2 aromatic heterocycles. The number of nitriles is 1. The van der Waals surface area contributed by atoms with Gasteiger partial charge in [-0.15, -0.1) is 3.89 Å². The van der Waals surface area contributed by atoms with Crippen LogP contribution in [-0.2, 0) is 4.74 Å². The number of hydrogen-bond donors (Lipinski definition) is 1. The van der Waals surface area contributed by atoms with Crippen LogP contribution in [0.25, 0.3) is 28.2 Å². The summed E-state index contributed by atoms with van der Waals surface area (Å²) in [5.74, 6) is -0.488. The lowest BCUT2D eigenvalue weighted by Gasteiger charge is -2.34. The molecular weight excluding hydrogens is 486 g/mol. The zero-order chi connectivity index (χ0) is 26.0. The minimum atomic E-state index is -0.802.